The van der Waals surface area contributed by atoms with Gasteiger partial charge in [0.2, 0.25) is 0 Å². The van der Waals surface area contributed by atoms with Gasteiger partial charge in [-0.15, -0.1) is 0 Å². The molecule has 0 fully saturated rings. The minimum atomic E-state index is 0.212. The SMILES string of the molecule is Cc1ncc(CNCC(C)CO)n1-c1ccccc1. The third kappa shape index (κ3) is 3.43. The van der Waals surface area contributed by atoms with Gasteiger partial charge in [-0.05, 0) is 25.0 Å². The molecule has 1 unspecified atom stereocenters. The Hall–Kier alpha value is -1.65. The van der Waals surface area contributed by atoms with E-state index in [-0.39, 0.29) is 12.5 Å². The number of rotatable bonds is 6. The monoisotopic (exact) mass is 259 g/mol. The van der Waals surface area contributed by atoms with E-state index in [0.29, 0.717) is 0 Å². The van der Waals surface area contributed by atoms with E-state index in [1.54, 1.807) is 0 Å². The molecule has 1 atom stereocenters. The fourth-order valence-electron chi connectivity index (χ4n) is 2.06. The van der Waals surface area contributed by atoms with Gasteiger partial charge >= 0.3 is 0 Å². The van der Waals surface area contributed by atoms with Crippen LogP contribution in [0.25, 0.3) is 5.69 Å². The van der Waals surface area contributed by atoms with Crippen LogP contribution in [-0.4, -0.2) is 27.8 Å². The Bertz CT molecular complexity index is 507. The average Bonchev–Trinajstić information content (AvgIpc) is 2.80. The molecule has 0 spiro atoms. The number of benzene rings is 1. The second-order valence-corrected chi connectivity index (χ2v) is 4.89. The summed E-state index contributed by atoms with van der Waals surface area (Å²) in [5, 5.41) is 12.4. The molecule has 0 saturated heterocycles. The van der Waals surface area contributed by atoms with E-state index in [1.807, 2.05) is 38.2 Å². The molecule has 0 bridgehead atoms. The molecule has 1 heterocycles. The van der Waals surface area contributed by atoms with Gasteiger partial charge in [-0.25, -0.2) is 4.98 Å². The van der Waals surface area contributed by atoms with Gasteiger partial charge in [0.25, 0.3) is 0 Å². The lowest BCUT2D eigenvalue weighted by Gasteiger charge is -2.12. The second-order valence-electron chi connectivity index (χ2n) is 4.89. The molecule has 0 aliphatic heterocycles. The van der Waals surface area contributed by atoms with E-state index >= 15 is 0 Å². The topological polar surface area (TPSA) is 50.1 Å². The van der Waals surface area contributed by atoms with Crippen LogP contribution in [0.5, 0.6) is 0 Å². The zero-order chi connectivity index (χ0) is 13.7. The Morgan fingerprint density at radius 3 is 2.74 bits per heavy atom. The lowest BCUT2D eigenvalue weighted by atomic mass is 10.2. The summed E-state index contributed by atoms with van der Waals surface area (Å²) in [6.07, 6.45) is 1.90. The van der Waals surface area contributed by atoms with Crippen molar-refractivity contribution >= 4 is 0 Å². The molecular weight excluding hydrogens is 238 g/mol. The summed E-state index contributed by atoms with van der Waals surface area (Å²) < 4.78 is 2.15. The third-order valence-corrected chi connectivity index (χ3v) is 3.14. The van der Waals surface area contributed by atoms with Crippen molar-refractivity contribution in [3.8, 4) is 5.69 Å². The van der Waals surface area contributed by atoms with Crippen LogP contribution in [0.3, 0.4) is 0 Å². The third-order valence-electron chi connectivity index (χ3n) is 3.14. The van der Waals surface area contributed by atoms with Crippen LogP contribution in [-0.2, 0) is 6.54 Å². The van der Waals surface area contributed by atoms with E-state index in [0.717, 1.165) is 30.3 Å². The molecule has 102 valence electrons. The molecule has 0 amide bonds. The highest BCUT2D eigenvalue weighted by molar-refractivity contribution is 5.35. The Balaban J connectivity index is 2.10. The highest BCUT2D eigenvalue weighted by atomic mass is 16.3. The Morgan fingerprint density at radius 1 is 1.32 bits per heavy atom. The van der Waals surface area contributed by atoms with Crippen molar-refractivity contribution in [2.24, 2.45) is 5.92 Å². The van der Waals surface area contributed by atoms with Gasteiger partial charge < -0.3 is 10.4 Å². The van der Waals surface area contributed by atoms with Crippen LogP contribution in [0.2, 0.25) is 0 Å². The van der Waals surface area contributed by atoms with Gasteiger partial charge in [-0.3, -0.25) is 4.57 Å². The number of hydrogen-bond acceptors (Lipinski definition) is 3. The number of nitrogens with one attached hydrogen (secondary N) is 1. The molecule has 0 aliphatic rings. The van der Waals surface area contributed by atoms with Crippen LogP contribution in [0.15, 0.2) is 36.5 Å². The normalized spacial score (nSPS) is 12.6. The Kier molecular flexibility index (Phi) is 4.71. The Morgan fingerprint density at radius 2 is 2.05 bits per heavy atom. The molecule has 0 radical (unpaired) electrons. The zero-order valence-electron chi connectivity index (χ0n) is 11.5. The first-order valence-electron chi connectivity index (χ1n) is 6.62. The molecule has 4 heteroatoms. The van der Waals surface area contributed by atoms with Crippen molar-refractivity contribution in [3.05, 3.63) is 48.0 Å². The first-order valence-corrected chi connectivity index (χ1v) is 6.62. The fraction of sp³-hybridized carbons (Fsp3) is 0.400. The number of nitrogens with zero attached hydrogens (tertiary/aromatic N) is 2. The second kappa shape index (κ2) is 6.50. The fourth-order valence-corrected chi connectivity index (χ4v) is 2.06. The summed E-state index contributed by atoms with van der Waals surface area (Å²) in [4.78, 5) is 4.38. The number of para-hydroxylation sites is 1. The molecule has 4 nitrogen and oxygen atoms in total. The van der Waals surface area contributed by atoms with E-state index in [2.05, 4.69) is 27.0 Å². The summed E-state index contributed by atoms with van der Waals surface area (Å²) in [6, 6.07) is 10.2. The standard InChI is InChI=1S/C15H21N3O/c1-12(11-19)8-16-9-15-10-17-13(2)18(15)14-6-4-3-5-7-14/h3-7,10,12,16,19H,8-9,11H2,1-2H3. The number of aromatic nitrogens is 2. The molecule has 2 N–H and O–H groups in total. The molecule has 2 aromatic rings. The van der Waals surface area contributed by atoms with Crippen molar-refractivity contribution in [2.45, 2.75) is 20.4 Å². The van der Waals surface area contributed by atoms with Crippen molar-refractivity contribution in [2.75, 3.05) is 13.2 Å². The zero-order valence-corrected chi connectivity index (χ0v) is 11.5. The van der Waals surface area contributed by atoms with Crippen LogP contribution in [0, 0.1) is 12.8 Å². The van der Waals surface area contributed by atoms with Gasteiger partial charge in [0.05, 0.1) is 11.9 Å². The number of aryl methyl sites for hydroxylation is 1. The quantitative estimate of drug-likeness (QED) is 0.833. The van der Waals surface area contributed by atoms with Crippen molar-refractivity contribution in [1.29, 1.82) is 0 Å². The molecule has 0 saturated carbocycles. The van der Waals surface area contributed by atoms with Gasteiger partial charge in [0, 0.05) is 25.4 Å². The van der Waals surface area contributed by atoms with Crippen LogP contribution >= 0.6 is 0 Å². The number of imidazole rings is 1. The lowest BCUT2D eigenvalue weighted by molar-refractivity contribution is 0.233. The highest BCUT2D eigenvalue weighted by Crippen LogP contribution is 2.14. The largest absolute Gasteiger partial charge is 0.396 e. The predicted molar refractivity (Wildman–Crippen MR) is 76.3 cm³/mol. The van der Waals surface area contributed by atoms with Crippen LogP contribution < -0.4 is 5.32 Å². The highest BCUT2D eigenvalue weighted by Gasteiger charge is 2.08. The van der Waals surface area contributed by atoms with Crippen molar-refractivity contribution in [1.82, 2.24) is 14.9 Å². The van der Waals surface area contributed by atoms with Gasteiger partial charge in [-0.1, -0.05) is 25.1 Å². The maximum atomic E-state index is 9.01. The average molecular weight is 259 g/mol. The van der Waals surface area contributed by atoms with E-state index in [4.69, 9.17) is 5.11 Å². The maximum Gasteiger partial charge on any atom is 0.110 e. The Labute approximate surface area is 114 Å². The summed E-state index contributed by atoms with van der Waals surface area (Å²) in [6.45, 7) is 5.79. The minimum absolute atomic E-state index is 0.212. The minimum Gasteiger partial charge on any atom is -0.396 e. The molecule has 1 aromatic carbocycles. The lowest BCUT2D eigenvalue weighted by Crippen LogP contribution is -2.23. The summed E-state index contributed by atoms with van der Waals surface area (Å²) in [5.74, 6) is 1.26. The number of hydrogen-bond donors (Lipinski definition) is 2. The van der Waals surface area contributed by atoms with Crippen molar-refractivity contribution < 1.29 is 5.11 Å². The number of aliphatic hydroxyl groups is 1. The molecular formula is C15H21N3O. The number of aliphatic hydroxyl groups excluding tert-OH is 1. The van der Waals surface area contributed by atoms with Gasteiger partial charge in [0.1, 0.15) is 5.82 Å². The van der Waals surface area contributed by atoms with Crippen molar-refractivity contribution in [3.63, 3.8) is 0 Å². The van der Waals surface area contributed by atoms with Crippen LogP contribution in [0.4, 0.5) is 0 Å². The van der Waals surface area contributed by atoms with Gasteiger partial charge in [0.15, 0.2) is 0 Å². The van der Waals surface area contributed by atoms with E-state index < -0.39 is 0 Å². The van der Waals surface area contributed by atoms with E-state index in [9.17, 15) is 0 Å². The van der Waals surface area contributed by atoms with Gasteiger partial charge in [-0.2, -0.15) is 0 Å². The predicted octanol–water partition coefficient (Wildman–Crippen LogP) is 1.90. The summed E-state index contributed by atoms with van der Waals surface area (Å²) >= 11 is 0. The first kappa shape index (κ1) is 13.8. The molecule has 0 aliphatic carbocycles. The maximum absolute atomic E-state index is 9.01. The summed E-state index contributed by atoms with van der Waals surface area (Å²) in [7, 11) is 0. The first-order chi connectivity index (χ1) is 9.22. The van der Waals surface area contributed by atoms with Crippen LogP contribution in [0.1, 0.15) is 18.4 Å². The molecule has 2 rings (SSSR count). The summed E-state index contributed by atoms with van der Waals surface area (Å²) in [5.41, 5.74) is 2.26. The molecule has 1 aromatic heterocycles. The van der Waals surface area contributed by atoms with E-state index in [1.165, 1.54) is 0 Å². The smallest absolute Gasteiger partial charge is 0.110 e. The molecule has 19 heavy (non-hydrogen) atoms.